The van der Waals surface area contributed by atoms with Crippen LogP contribution in [0.15, 0.2) is 29.4 Å². The summed E-state index contributed by atoms with van der Waals surface area (Å²) in [5, 5.41) is 12.5. The molecule has 0 amide bonds. The van der Waals surface area contributed by atoms with Crippen LogP contribution in [0.2, 0.25) is 0 Å². The zero-order chi connectivity index (χ0) is 9.68. The van der Waals surface area contributed by atoms with Gasteiger partial charge in [-0.15, -0.1) is 0 Å². The Morgan fingerprint density at radius 2 is 2.08 bits per heavy atom. The van der Waals surface area contributed by atoms with Crippen molar-refractivity contribution in [2.75, 3.05) is 7.11 Å². The van der Waals surface area contributed by atoms with Gasteiger partial charge in [-0.1, -0.05) is 29.4 Å². The van der Waals surface area contributed by atoms with Crippen LogP contribution in [0.1, 0.15) is 11.1 Å². The summed E-state index contributed by atoms with van der Waals surface area (Å²) in [6.07, 6.45) is 0. The topological polar surface area (TPSA) is 41.8 Å². The van der Waals surface area contributed by atoms with E-state index in [1.54, 1.807) is 0 Å². The van der Waals surface area contributed by atoms with Gasteiger partial charge in [-0.3, -0.25) is 0 Å². The predicted molar refractivity (Wildman–Crippen MR) is 54.8 cm³/mol. The van der Waals surface area contributed by atoms with Crippen LogP contribution in [0, 0.1) is 0 Å². The molecule has 1 aromatic rings. The summed E-state index contributed by atoms with van der Waals surface area (Å²) < 4.78 is 0.638. The maximum Gasteiger partial charge on any atom is 0.152 e. The first-order chi connectivity index (χ1) is 6.27. The Kier molecular flexibility index (Phi) is 3.92. The van der Waals surface area contributed by atoms with Crippen molar-refractivity contribution in [2.45, 2.75) is 6.61 Å². The molecule has 13 heavy (non-hydrogen) atoms. The van der Waals surface area contributed by atoms with Crippen LogP contribution in [0.25, 0.3) is 0 Å². The van der Waals surface area contributed by atoms with Gasteiger partial charge in [0, 0.05) is 5.56 Å². The van der Waals surface area contributed by atoms with Gasteiger partial charge in [-0.2, -0.15) is 0 Å². The maximum absolute atomic E-state index is 8.80. The Bertz CT molecular complexity index is 295. The molecule has 0 bridgehead atoms. The van der Waals surface area contributed by atoms with Crippen molar-refractivity contribution in [3.8, 4) is 0 Å². The van der Waals surface area contributed by atoms with Crippen LogP contribution in [-0.2, 0) is 11.4 Å². The number of aliphatic hydroxyl groups is 1. The Labute approximate surface area is 85.2 Å². The zero-order valence-electron chi connectivity index (χ0n) is 7.20. The molecule has 0 spiro atoms. The molecule has 0 radical (unpaired) electrons. The highest BCUT2D eigenvalue weighted by molar-refractivity contribution is 9.18. The molecule has 0 atom stereocenters. The number of oxime groups is 1. The normalized spacial score (nSPS) is 11.5. The van der Waals surface area contributed by atoms with Crippen LogP contribution in [-0.4, -0.2) is 16.8 Å². The van der Waals surface area contributed by atoms with E-state index in [0.29, 0.717) is 4.62 Å². The van der Waals surface area contributed by atoms with Crippen molar-refractivity contribution in [1.82, 2.24) is 0 Å². The fraction of sp³-hybridized carbons (Fsp3) is 0.222. The van der Waals surface area contributed by atoms with Crippen LogP contribution >= 0.6 is 15.9 Å². The van der Waals surface area contributed by atoms with E-state index in [-0.39, 0.29) is 6.61 Å². The average Bonchev–Trinajstić information content (AvgIpc) is 2.18. The highest BCUT2D eigenvalue weighted by Gasteiger charge is 1.99. The highest BCUT2D eigenvalue weighted by atomic mass is 79.9. The van der Waals surface area contributed by atoms with E-state index < -0.39 is 0 Å². The van der Waals surface area contributed by atoms with E-state index in [0.717, 1.165) is 11.1 Å². The third-order valence-corrected chi connectivity index (χ3v) is 2.15. The molecule has 0 unspecified atom stereocenters. The lowest BCUT2D eigenvalue weighted by molar-refractivity contribution is 0.215. The summed E-state index contributed by atoms with van der Waals surface area (Å²) >= 11 is 3.26. The summed E-state index contributed by atoms with van der Waals surface area (Å²) in [7, 11) is 1.49. The van der Waals surface area contributed by atoms with Crippen molar-refractivity contribution >= 4 is 20.6 Å². The Morgan fingerprint density at radius 1 is 1.46 bits per heavy atom. The average molecular weight is 244 g/mol. The summed E-state index contributed by atoms with van der Waals surface area (Å²) in [6, 6.07) is 7.39. The fourth-order valence-corrected chi connectivity index (χ4v) is 1.29. The van der Waals surface area contributed by atoms with E-state index in [1.807, 2.05) is 24.3 Å². The van der Waals surface area contributed by atoms with Crippen molar-refractivity contribution in [1.29, 1.82) is 0 Å². The van der Waals surface area contributed by atoms with Gasteiger partial charge < -0.3 is 9.94 Å². The second-order valence-electron chi connectivity index (χ2n) is 2.42. The minimum atomic E-state index is 0.0549. The summed E-state index contributed by atoms with van der Waals surface area (Å²) in [6.45, 7) is 0.0549. The zero-order valence-corrected chi connectivity index (χ0v) is 8.78. The highest BCUT2D eigenvalue weighted by Crippen LogP contribution is 2.09. The number of rotatable bonds is 3. The molecule has 70 valence electrons. The van der Waals surface area contributed by atoms with Gasteiger partial charge in [0.05, 0.1) is 6.61 Å². The summed E-state index contributed by atoms with van der Waals surface area (Å²) in [5.41, 5.74) is 1.79. The van der Waals surface area contributed by atoms with E-state index >= 15 is 0 Å². The smallest absolute Gasteiger partial charge is 0.152 e. The molecule has 0 saturated heterocycles. The maximum atomic E-state index is 8.80. The van der Waals surface area contributed by atoms with E-state index in [1.165, 1.54) is 7.11 Å². The second-order valence-corrected chi connectivity index (χ2v) is 3.17. The molecule has 0 aliphatic heterocycles. The predicted octanol–water partition coefficient (Wildman–Crippen LogP) is 1.88. The number of nitrogens with zero attached hydrogens (tertiary/aromatic N) is 1. The van der Waals surface area contributed by atoms with Gasteiger partial charge in [-0.25, -0.2) is 0 Å². The van der Waals surface area contributed by atoms with Crippen molar-refractivity contribution in [3.63, 3.8) is 0 Å². The Morgan fingerprint density at radius 3 is 2.54 bits per heavy atom. The number of aliphatic hydroxyl groups excluding tert-OH is 1. The molecular weight excluding hydrogens is 234 g/mol. The number of halogens is 1. The SMILES string of the molecule is CO/N=C(\Br)c1ccc(CO)cc1. The first-order valence-electron chi connectivity index (χ1n) is 3.74. The molecule has 0 saturated carbocycles. The second kappa shape index (κ2) is 4.99. The first-order valence-corrected chi connectivity index (χ1v) is 4.54. The van der Waals surface area contributed by atoms with Gasteiger partial charge in [0.1, 0.15) is 7.11 Å². The Hall–Kier alpha value is -0.870. The standard InChI is InChI=1S/C9H10BrNO2/c1-13-11-9(10)8-4-2-7(6-12)3-5-8/h2-5,12H,6H2,1H3/b11-9-. The van der Waals surface area contributed by atoms with Gasteiger partial charge >= 0.3 is 0 Å². The van der Waals surface area contributed by atoms with E-state index in [2.05, 4.69) is 25.9 Å². The van der Waals surface area contributed by atoms with E-state index in [4.69, 9.17) is 5.11 Å². The summed E-state index contributed by atoms with van der Waals surface area (Å²) in [4.78, 5) is 4.61. The number of hydrogen-bond acceptors (Lipinski definition) is 3. The Balaban J connectivity index is 2.85. The third kappa shape index (κ3) is 2.82. The largest absolute Gasteiger partial charge is 0.398 e. The van der Waals surface area contributed by atoms with Crippen LogP contribution in [0.3, 0.4) is 0 Å². The van der Waals surface area contributed by atoms with Crippen molar-refractivity contribution in [2.24, 2.45) is 5.16 Å². The van der Waals surface area contributed by atoms with Gasteiger partial charge in [-0.05, 0) is 21.5 Å². The number of hydrogen-bond donors (Lipinski definition) is 1. The summed E-state index contributed by atoms with van der Waals surface area (Å²) in [5.74, 6) is 0. The molecule has 4 heteroatoms. The van der Waals surface area contributed by atoms with Crippen LogP contribution in [0.5, 0.6) is 0 Å². The molecule has 0 heterocycles. The van der Waals surface area contributed by atoms with Crippen molar-refractivity contribution < 1.29 is 9.94 Å². The molecule has 1 rings (SSSR count). The van der Waals surface area contributed by atoms with Crippen molar-refractivity contribution in [3.05, 3.63) is 35.4 Å². The van der Waals surface area contributed by atoms with Crippen LogP contribution in [0.4, 0.5) is 0 Å². The molecule has 0 aromatic heterocycles. The lowest BCUT2D eigenvalue weighted by Gasteiger charge is -1.99. The molecule has 1 N–H and O–H groups in total. The molecule has 3 nitrogen and oxygen atoms in total. The quantitative estimate of drug-likeness (QED) is 0.651. The monoisotopic (exact) mass is 243 g/mol. The lowest BCUT2D eigenvalue weighted by atomic mass is 10.1. The fourth-order valence-electron chi connectivity index (χ4n) is 0.881. The molecule has 0 fully saturated rings. The number of benzene rings is 1. The minimum absolute atomic E-state index is 0.0549. The first kappa shape index (κ1) is 10.2. The minimum Gasteiger partial charge on any atom is -0.398 e. The molecule has 0 aliphatic rings. The van der Waals surface area contributed by atoms with E-state index in [9.17, 15) is 0 Å². The third-order valence-electron chi connectivity index (χ3n) is 1.55. The molecule has 0 aliphatic carbocycles. The van der Waals surface area contributed by atoms with Gasteiger partial charge in [0.15, 0.2) is 4.62 Å². The van der Waals surface area contributed by atoms with Gasteiger partial charge in [0.2, 0.25) is 0 Å². The van der Waals surface area contributed by atoms with Gasteiger partial charge in [0.25, 0.3) is 0 Å². The molecule has 1 aromatic carbocycles. The van der Waals surface area contributed by atoms with Crippen LogP contribution < -0.4 is 0 Å². The molecular formula is C9H10BrNO2. The lowest BCUT2D eigenvalue weighted by Crippen LogP contribution is -1.92.